The van der Waals surface area contributed by atoms with E-state index in [1.165, 1.54) is 27.7 Å². The van der Waals surface area contributed by atoms with Crippen LogP contribution in [0.2, 0.25) is 0 Å². The number of aryl methyl sites for hydroxylation is 2. The van der Waals surface area contributed by atoms with Crippen LogP contribution in [-0.2, 0) is 4.74 Å². The fourth-order valence-corrected chi connectivity index (χ4v) is 3.62. The van der Waals surface area contributed by atoms with Gasteiger partial charge in [0.05, 0.1) is 6.61 Å². The zero-order chi connectivity index (χ0) is 17.1. The molecule has 0 spiro atoms. The van der Waals surface area contributed by atoms with Crippen LogP contribution in [0.4, 0.5) is 4.79 Å². The summed E-state index contributed by atoms with van der Waals surface area (Å²) in [6.07, 6.45) is 3.83. The lowest BCUT2D eigenvalue weighted by atomic mass is 9.91. The van der Waals surface area contributed by atoms with E-state index in [0.717, 1.165) is 38.8 Å². The molecule has 0 unspecified atom stereocenters. The number of H-pyrrole nitrogens is 1. The highest BCUT2D eigenvalue weighted by atomic mass is 16.6. The zero-order valence-electron chi connectivity index (χ0n) is 15.0. The van der Waals surface area contributed by atoms with Gasteiger partial charge < -0.3 is 14.6 Å². The molecule has 1 fully saturated rings. The number of fused-ring (bicyclic) bond motifs is 1. The Morgan fingerprint density at radius 1 is 1.29 bits per heavy atom. The molecule has 1 aromatic heterocycles. The lowest BCUT2D eigenvalue weighted by Crippen LogP contribution is -2.38. The molecule has 0 atom stereocenters. The Labute approximate surface area is 144 Å². The second-order valence-corrected chi connectivity index (χ2v) is 6.94. The Balaban J connectivity index is 1.64. The zero-order valence-corrected chi connectivity index (χ0v) is 15.0. The predicted octanol–water partition coefficient (Wildman–Crippen LogP) is 4.90. The molecule has 1 N–H and O–H groups in total. The third-order valence-corrected chi connectivity index (χ3v) is 5.14. The molecule has 0 bridgehead atoms. The number of hydrogen-bond donors (Lipinski definition) is 1. The van der Waals surface area contributed by atoms with Crippen molar-refractivity contribution in [1.82, 2.24) is 9.88 Å². The summed E-state index contributed by atoms with van der Waals surface area (Å²) in [4.78, 5) is 17.5. The molecule has 1 aliphatic rings. The van der Waals surface area contributed by atoms with Crippen LogP contribution in [0.25, 0.3) is 10.9 Å². The van der Waals surface area contributed by atoms with Crippen LogP contribution in [0.1, 0.15) is 55.3 Å². The number of aromatic nitrogens is 1. The highest BCUT2D eigenvalue weighted by Crippen LogP contribution is 2.33. The van der Waals surface area contributed by atoms with Crippen LogP contribution in [0.3, 0.4) is 0 Å². The lowest BCUT2D eigenvalue weighted by Gasteiger charge is -2.31. The Bertz CT molecular complexity index is 712. The molecule has 0 radical (unpaired) electrons. The van der Waals surface area contributed by atoms with Gasteiger partial charge in [-0.1, -0.05) is 25.0 Å². The number of carbonyl (C=O) groups excluding carboxylic acids is 1. The van der Waals surface area contributed by atoms with Crippen molar-refractivity contribution in [1.29, 1.82) is 0 Å². The maximum absolute atomic E-state index is 12.1. The summed E-state index contributed by atoms with van der Waals surface area (Å²) >= 11 is 0. The number of likely N-dealkylation sites (tertiary alicyclic amines) is 1. The first kappa shape index (κ1) is 16.9. The van der Waals surface area contributed by atoms with Crippen molar-refractivity contribution in [3.8, 4) is 0 Å². The summed E-state index contributed by atoms with van der Waals surface area (Å²) < 4.78 is 5.33. The number of aromatic amines is 1. The van der Waals surface area contributed by atoms with Gasteiger partial charge in [-0.3, -0.25) is 0 Å². The number of hydrogen-bond acceptors (Lipinski definition) is 2. The second-order valence-electron chi connectivity index (χ2n) is 6.94. The number of nitrogens with zero attached hydrogens (tertiary/aromatic N) is 1. The van der Waals surface area contributed by atoms with Crippen LogP contribution < -0.4 is 0 Å². The van der Waals surface area contributed by atoms with Gasteiger partial charge >= 0.3 is 6.09 Å². The van der Waals surface area contributed by atoms with Crippen molar-refractivity contribution >= 4 is 17.0 Å². The van der Waals surface area contributed by atoms with Crippen molar-refractivity contribution in [2.75, 3.05) is 19.7 Å². The van der Waals surface area contributed by atoms with Gasteiger partial charge in [-0.15, -0.1) is 0 Å². The summed E-state index contributed by atoms with van der Waals surface area (Å²) in [6.45, 7) is 8.54. The molecule has 4 heteroatoms. The van der Waals surface area contributed by atoms with Gasteiger partial charge in [0.2, 0.25) is 0 Å². The molecule has 0 saturated carbocycles. The van der Waals surface area contributed by atoms with Crippen LogP contribution in [0, 0.1) is 13.8 Å². The van der Waals surface area contributed by atoms with Crippen LogP contribution >= 0.6 is 0 Å². The number of unbranched alkanes of at least 4 members (excludes halogenated alkanes) is 1. The highest BCUT2D eigenvalue weighted by molar-refractivity contribution is 5.85. The molecular formula is C20H28N2O2. The van der Waals surface area contributed by atoms with Gasteiger partial charge in [-0.05, 0) is 50.8 Å². The highest BCUT2D eigenvalue weighted by Gasteiger charge is 2.26. The third kappa shape index (κ3) is 3.42. The van der Waals surface area contributed by atoms with Crippen LogP contribution in [0.15, 0.2) is 18.2 Å². The molecule has 0 aliphatic carbocycles. The van der Waals surface area contributed by atoms with E-state index in [4.69, 9.17) is 4.74 Å². The maximum atomic E-state index is 12.1. The largest absolute Gasteiger partial charge is 0.449 e. The first-order valence-electron chi connectivity index (χ1n) is 9.10. The van der Waals surface area contributed by atoms with E-state index in [1.807, 2.05) is 4.90 Å². The molecule has 130 valence electrons. The van der Waals surface area contributed by atoms with Crippen molar-refractivity contribution in [2.24, 2.45) is 0 Å². The van der Waals surface area contributed by atoms with E-state index in [-0.39, 0.29) is 6.09 Å². The molecule has 4 nitrogen and oxygen atoms in total. The SMILES string of the molecule is CCCCOC(=O)N1CCC(c2[nH]c3ccc(C)cc3c2C)CC1. The Kier molecular flexibility index (Phi) is 5.12. The fourth-order valence-electron chi connectivity index (χ4n) is 3.62. The molecule has 1 aromatic carbocycles. The molecule has 2 aromatic rings. The number of rotatable bonds is 4. The molecule has 1 saturated heterocycles. The number of amides is 1. The van der Waals surface area contributed by atoms with Crippen LogP contribution in [-0.4, -0.2) is 35.7 Å². The van der Waals surface area contributed by atoms with E-state index < -0.39 is 0 Å². The number of nitrogens with one attached hydrogen (secondary N) is 1. The van der Waals surface area contributed by atoms with E-state index in [2.05, 4.69) is 44.0 Å². The molecule has 24 heavy (non-hydrogen) atoms. The lowest BCUT2D eigenvalue weighted by molar-refractivity contribution is 0.0914. The Morgan fingerprint density at radius 3 is 2.75 bits per heavy atom. The summed E-state index contributed by atoms with van der Waals surface area (Å²) in [5, 5.41) is 1.33. The standard InChI is InChI=1S/C20H28N2O2/c1-4-5-12-24-20(23)22-10-8-16(9-11-22)19-15(3)17-13-14(2)6-7-18(17)21-19/h6-7,13,16,21H,4-5,8-12H2,1-3H3. The molecule has 3 rings (SSSR count). The topological polar surface area (TPSA) is 45.3 Å². The van der Waals surface area contributed by atoms with E-state index in [0.29, 0.717) is 12.5 Å². The quantitative estimate of drug-likeness (QED) is 0.811. The first-order chi connectivity index (χ1) is 11.6. The monoisotopic (exact) mass is 328 g/mol. The molecule has 1 aliphatic heterocycles. The number of carbonyl (C=O) groups is 1. The minimum absolute atomic E-state index is 0.147. The number of ether oxygens (including phenoxy) is 1. The first-order valence-corrected chi connectivity index (χ1v) is 9.10. The maximum Gasteiger partial charge on any atom is 0.409 e. The minimum Gasteiger partial charge on any atom is -0.449 e. The number of piperidine rings is 1. The average Bonchev–Trinajstić information content (AvgIpc) is 2.92. The van der Waals surface area contributed by atoms with Gasteiger partial charge in [0, 0.05) is 35.6 Å². The van der Waals surface area contributed by atoms with Crippen molar-refractivity contribution in [3.63, 3.8) is 0 Å². The van der Waals surface area contributed by atoms with Gasteiger partial charge in [-0.2, -0.15) is 0 Å². The van der Waals surface area contributed by atoms with Crippen LogP contribution in [0.5, 0.6) is 0 Å². The van der Waals surface area contributed by atoms with Gasteiger partial charge in [0.1, 0.15) is 0 Å². The summed E-state index contributed by atoms with van der Waals surface area (Å²) in [5.41, 5.74) is 5.21. The fraction of sp³-hybridized carbons (Fsp3) is 0.550. The molecule has 1 amide bonds. The van der Waals surface area contributed by atoms with Gasteiger partial charge in [-0.25, -0.2) is 4.79 Å². The molecule has 2 heterocycles. The predicted molar refractivity (Wildman–Crippen MR) is 97.6 cm³/mol. The number of benzene rings is 1. The third-order valence-electron chi connectivity index (χ3n) is 5.14. The normalized spacial score (nSPS) is 15.9. The minimum atomic E-state index is -0.147. The summed E-state index contributed by atoms with van der Waals surface area (Å²) in [7, 11) is 0. The Morgan fingerprint density at radius 2 is 2.04 bits per heavy atom. The van der Waals surface area contributed by atoms with Crippen molar-refractivity contribution < 1.29 is 9.53 Å². The van der Waals surface area contributed by atoms with Gasteiger partial charge in [0.25, 0.3) is 0 Å². The summed E-state index contributed by atoms with van der Waals surface area (Å²) in [5.74, 6) is 0.498. The second kappa shape index (κ2) is 7.29. The van der Waals surface area contributed by atoms with Crippen molar-refractivity contribution in [3.05, 3.63) is 35.0 Å². The van der Waals surface area contributed by atoms with Gasteiger partial charge in [0.15, 0.2) is 0 Å². The van der Waals surface area contributed by atoms with Crippen molar-refractivity contribution in [2.45, 2.75) is 52.4 Å². The van der Waals surface area contributed by atoms with E-state index in [1.54, 1.807) is 0 Å². The Hall–Kier alpha value is -1.97. The smallest absolute Gasteiger partial charge is 0.409 e. The van der Waals surface area contributed by atoms with E-state index >= 15 is 0 Å². The summed E-state index contributed by atoms with van der Waals surface area (Å²) in [6, 6.07) is 6.57. The van der Waals surface area contributed by atoms with E-state index in [9.17, 15) is 4.79 Å². The average molecular weight is 328 g/mol. The molecular weight excluding hydrogens is 300 g/mol.